The van der Waals surface area contributed by atoms with Gasteiger partial charge in [0.1, 0.15) is 0 Å². The summed E-state index contributed by atoms with van der Waals surface area (Å²) in [5, 5.41) is 10.8. The molecule has 0 spiro atoms. The number of fused-ring (bicyclic) bond motifs is 12. The lowest BCUT2D eigenvalue weighted by Crippen LogP contribution is -1.65. The van der Waals surface area contributed by atoms with Gasteiger partial charge in [-0.15, -0.1) is 0 Å². The predicted octanol–water partition coefficient (Wildman–Crippen LogP) is 11.3. The van der Waals surface area contributed by atoms with Crippen LogP contribution in [0.25, 0.3) is 64.6 Å². The summed E-state index contributed by atoms with van der Waals surface area (Å²) >= 11 is 0. The van der Waals surface area contributed by atoms with Gasteiger partial charge < -0.3 is 0 Å². The minimum Gasteiger partial charge on any atom is -0.0616 e. The standard InChI is InChI=1S/C48H24/c1-7-37-19-21-39-9-2-11-41(32-39)23-25-43-13-4-15-45(34-43)27-29-47-17-6-18-48(36-47)30-28-46-16-5-14-44(35-46)26-24-42-12-3-10-40(33-42)22-20-38(8-1)31-37/h1-18,31-36H. The second-order valence-corrected chi connectivity index (χ2v) is 11.0. The van der Waals surface area contributed by atoms with Crippen molar-refractivity contribution in [3.63, 3.8) is 0 Å². The number of hydrogen-bond donors (Lipinski definition) is 0. The van der Waals surface area contributed by atoms with Crippen molar-refractivity contribution in [1.82, 2.24) is 0 Å². The zero-order chi connectivity index (χ0) is 32.4. The Bertz CT molecular complexity index is 1950. The van der Waals surface area contributed by atoms with E-state index in [-0.39, 0.29) is 0 Å². The minimum atomic E-state index is 0.897. The summed E-state index contributed by atoms with van der Waals surface area (Å²) in [5.41, 5.74) is 0. The van der Waals surface area contributed by atoms with Crippen LogP contribution in [0.3, 0.4) is 0 Å². The van der Waals surface area contributed by atoms with Crippen molar-refractivity contribution in [1.29, 1.82) is 0 Å². The van der Waals surface area contributed by atoms with Gasteiger partial charge in [-0.2, -0.15) is 0 Å². The first-order valence-electron chi connectivity index (χ1n) is 15.4. The minimum absolute atomic E-state index is 0.897. The largest absolute Gasteiger partial charge is 0.0616 e. The highest BCUT2D eigenvalue weighted by Gasteiger charge is 1.87. The molecule has 0 radical (unpaired) electrons. The Labute approximate surface area is 282 Å². The van der Waals surface area contributed by atoms with Crippen LogP contribution in [0.2, 0.25) is 0 Å². The van der Waals surface area contributed by atoms with Crippen LogP contribution in [0.4, 0.5) is 0 Å². The molecular weight excluding hydrogens is 577 g/mol. The molecule has 7 rings (SSSR count). The zero-order valence-electron chi connectivity index (χ0n) is 25.9. The maximum atomic E-state index is 3.28. The number of hydrogen-bond acceptors (Lipinski definition) is 0. The molecule has 0 aromatic heterocycles. The summed E-state index contributed by atoms with van der Waals surface area (Å²) in [6, 6.07) is 87.2. The van der Waals surface area contributed by atoms with E-state index in [1.54, 1.807) is 0 Å². The zero-order valence-corrected chi connectivity index (χ0v) is 25.9. The molecule has 48 heavy (non-hydrogen) atoms. The van der Waals surface area contributed by atoms with Crippen LogP contribution in [0.5, 0.6) is 0 Å². The van der Waals surface area contributed by atoms with Crippen LogP contribution in [-0.2, 0) is 0 Å². The number of benzene rings is 6. The van der Waals surface area contributed by atoms with Crippen molar-refractivity contribution >= 4 is 64.6 Å². The normalized spacial score (nSPS) is 9.50. The van der Waals surface area contributed by atoms with E-state index in [0.717, 1.165) is 64.6 Å². The van der Waals surface area contributed by atoms with E-state index in [0.29, 0.717) is 0 Å². The Hall–Kier alpha value is -7.32. The molecule has 0 aliphatic carbocycles. The van der Waals surface area contributed by atoms with Gasteiger partial charge in [-0.05, 0) is 109 Å². The van der Waals surface area contributed by atoms with Gasteiger partial charge in [0, 0.05) is 64.6 Å². The second kappa shape index (κ2) is 14.2. The summed E-state index contributed by atoms with van der Waals surface area (Å²) in [7, 11) is 0. The maximum absolute atomic E-state index is 3.28. The maximum Gasteiger partial charge on any atom is 0.0261 e. The van der Waals surface area contributed by atoms with E-state index in [1.165, 1.54) is 0 Å². The molecule has 216 valence electrons. The molecule has 0 heteroatoms. The lowest BCUT2D eigenvalue weighted by molar-refractivity contribution is 1.79. The summed E-state index contributed by atoms with van der Waals surface area (Å²) in [6.07, 6.45) is 0. The Morgan fingerprint density at radius 1 is 0.167 bits per heavy atom. The van der Waals surface area contributed by atoms with Gasteiger partial charge in [0.25, 0.3) is 0 Å². The summed E-state index contributed by atoms with van der Waals surface area (Å²) in [5.74, 6) is 0. The second-order valence-electron chi connectivity index (χ2n) is 11.0. The fourth-order valence-electron chi connectivity index (χ4n) is 4.91. The topological polar surface area (TPSA) is 0 Å². The van der Waals surface area contributed by atoms with Gasteiger partial charge in [0.05, 0.1) is 0 Å². The third kappa shape index (κ3) is 8.03. The first-order valence-corrected chi connectivity index (χ1v) is 15.4. The molecule has 7 aromatic rings. The van der Waals surface area contributed by atoms with Gasteiger partial charge in [0.15, 0.2) is 0 Å². The van der Waals surface area contributed by atoms with Crippen molar-refractivity contribution in [3.8, 4) is 0 Å². The Kier molecular flexibility index (Phi) is 8.69. The molecule has 12 bridgehead atoms. The monoisotopic (exact) mass is 600 g/mol. The molecule has 0 N–H and O–H groups in total. The lowest BCUT2D eigenvalue weighted by Gasteiger charge is -1.86. The van der Waals surface area contributed by atoms with Crippen LogP contribution in [0.15, 0.2) is 146 Å². The van der Waals surface area contributed by atoms with E-state index in [9.17, 15) is 0 Å². The van der Waals surface area contributed by atoms with Crippen molar-refractivity contribution in [3.05, 3.63) is 218 Å². The molecule has 0 atom stereocenters. The molecule has 0 saturated heterocycles. The lowest BCUT2D eigenvalue weighted by atomic mass is 10.2. The van der Waals surface area contributed by atoms with Crippen LogP contribution in [0, 0.1) is 72.8 Å². The molecule has 7 aromatic carbocycles. The van der Waals surface area contributed by atoms with Crippen LogP contribution < -0.4 is 0 Å². The molecule has 0 aliphatic heterocycles. The van der Waals surface area contributed by atoms with Crippen LogP contribution in [0.1, 0.15) is 0 Å². The summed E-state index contributed by atoms with van der Waals surface area (Å²) < 4.78 is 0. The molecule has 0 heterocycles. The Morgan fingerprint density at radius 2 is 0.271 bits per heavy atom. The molecule has 0 fully saturated rings. The molecule has 0 nitrogen and oxygen atoms in total. The van der Waals surface area contributed by atoms with E-state index < -0.39 is 0 Å². The van der Waals surface area contributed by atoms with E-state index in [4.69, 9.17) is 0 Å². The first-order chi connectivity index (χ1) is 23.7. The first kappa shape index (κ1) is 29.4. The highest BCUT2D eigenvalue weighted by molar-refractivity contribution is 5.70. The number of rotatable bonds is 0. The fourth-order valence-corrected chi connectivity index (χ4v) is 4.91. The highest BCUT2D eigenvalue weighted by atomic mass is 13.9. The summed E-state index contributed by atoms with van der Waals surface area (Å²) in [4.78, 5) is 0. The van der Waals surface area contributed by atoms with Crippen molar-refractivity contribution in [2.24, 2.45) is 0 Å². The van der Waals surface area contributed by atoms with Crippen molar-refractivity contribution in [2.45, 2.75) is 0 Å². The van der Waals surface area contributed by atoms with Gasteiger partial charge in [-0.25, -0.2) is 0 Å². The SMILES string of the molecule is c1c2cccc(c#cc3cccc(c#cc4cccc(c#cc5cccc(c#cc6cccc(c#cc7cccc(c#1)c7)c6)c5)c4)c3)c2. The molecular formula is C48H24. The van der Waals surface area contributed by atoms with Gasteiger partial charge in [0.2, 0.25) is 0 Å². The molecule has 0 unspecified atom stereocenters. The van der Waals surface area contributed by atoms with Crippen molar-refractivity contribution < 1.29 is 0 Å². The van der Waals surface area contributed by atoms with E-state index >= 15 is 0 Å². The molecule has 0 saturated carbocycles. The Balaban J connectivity index is 1.40. The van der Waals surface area contributed by atoms with E-state index in [2.05, 4.69) is 72.8 Å². The molecule has 0 aliphatic rings. The van der Waals surface area contributed by atoms with Crippen molar-refractivity contribution in [2.75, 3.05) is 0 Å². The average molecular weight is 601 g/mol. The quantitative estimate of drug-likeness (QED) is 0.162. The highest BCUT2D eigenvalue weighted by Crippen LogP contribution is 2.09. The fraction of sp³-hybridized carbons (Fsp3) is 0. The Morgan fingerprint density at radius 3 is 0.375 bits per heavy atom. The van der Waals surface area contributed by atoms with E-state index in [1.807, 2.05) is 146 Å². The van der Waals surface area contributed by atoms with Gasteiger partial charge >= 0.3 is 0 Å². The average Bonchev–Trinajstić information content (AvgIpc) is 3.14. The molecule has 0 amide bonds. The predicted molar refractivity (Wildman–Crippen MR) is 197 cm³/mol. The van der Waals surface area contributed by atoms with Gasteiger partial charge in [-0.3, -0.25) is 0 Å². The third-order valence-corrected chi connectivity index (χ3v) is 7.28. The smallest absolute Gasteiger partial charge is 0.0261 e. The third-order valence-electron chi connectivity index (χ3n) is 7.28. The summed E-state index contributed by atoms with van der Waals surface area (Å²) in [6.45, 7) is 0. The van der Waals surface area contributed by atoms with Crippen LogP contribution >= 0.6 is 0 Å². The van der Waals surface area contributed by atoms with Gasteiger partial charge in [-0.1, -0.05) is 109 Å². The van der Waals surface area contributed by atoms with Crippen LogP contribution in [-0.4, -0.2) is 0 Å².